The van der Waals surface area contributed by atoms with Crippen LogP contribution in [0, 0.1) is 3.57 Å². The Bertz CT molecular complexity index is 920. The zero-order chi connectivity index (χ0) is 20.1. The van der Waals surface area contributed by atoms with Gasteiger partial charge < -0.3 is 14.4 Å². The van der Waals surface area contributed by atoms with Crippen LogP contribution in [0.3, 0.4) is 0 Å². The Hall–Kier alpha value is -2.28. The molecule has 0 radical (unpaired) electrons. The van der Waals surface area contributed by atoms with E-state index in [9.17, 15) is 4.79 Å². The molecule has 0 fully saturated rings. The maximum atomic E-state index is 13.0. The van der Waals surface area contributed by atoms with Crippen molar-refractivity contribution in [3.05, 3.63) is 63.8 Å². The Balaban J connectivity index is 2.05. The van der Waals surface area contributed by atoms with Gasteiger partial charge >= 0.3 is 0 Å². The molecule has 0 unspecified atom stereocenters. The van der Waals surface area contributed by atoms with Gasteiger partial charge in [-0.2, -0.15) is 0 Å². The summed E-state index contributed by atoms with van der Waals surface area (Å²) in [5.74, 6) is 1.42. The van der Waals surface area contributed by atoms with Gasteiger partial charge in [-0.25, -0.2) is 0 Å². The summed E-state index contributed by atoms with van der Waals surface area (Å²) in [6.07, 6.45) is 4.56. The lowest BCUT2D eigenvalue weighted by atomic mass is 10.0. The minimum atomic E-state index is 0.0444. The normalized spacial score (nSPS) is 14.3. The van der Waals surface area contributed by atoms with E-state index in [4.69, 9.17) is 9.47 Å². The second-order valence-electron chi connectivity index (χ2n) is 6.39. The van der Waals surface area contributed by atoms with Crippen LogP contribution in [-0.2, 0) is 4.79 Å². The van der Waals surface area contributed by atoms with Gasteiger partial charge in [-0.3, -0.25) is 4.79 Å². The summed E-state index contributed by atoms with van der Waals surface area (Å²) in [6, 6.07) is 11.9. The Morgan fingerprint density at radius 2 is 1.96 bits per heavy atom. The summed E-state index contributed by atoms with van der Waals surface area (Å²) < 4.78 is 12.5. The smallest absolute Gasteiger partial charge is 0.258 e. The molecule has 0 atom stereocenters. The van der Waals surface area contributed by atoms with E-state index in [-0.39, 0.29) is 5.91 Å². The number of para-hydroxylation sites is 1. The number of rotatable bonds is 8. The number of fused-ring (bicyclic) bond motifs is 1. The lowest BCUT2D eigenvalue weighted by Crippen LogP contribution is -2.26. The van der Waals surface area contributed by atoms with E-state index in [1.54, 1.807) is 6.08 Å². The Kier molecular flexibility index (Phi) is 6.78. The van der Waals surface area contributed by atoms with Gasteiger partial charge in [-0.05, 0) is 65.8 Å². The molecule has 4 nitrogen and oxygen atoms in total. The summed E-state index contributed by atoms with van der Waals surface area (Å²) >= 11 is 2.24. The van der Waals surface area contributed by atoms with Crippen LogP contribution >= 0.6 is 22.6 Å². The average molecular weight is 489 g/mol. The highest BCUT2D eigenvalue weighted by atomic mass is 127. The molecule has 1 aliphatic heterocycles. The van der Waals surface area contributed by atoms with Crippen LogP contribution in [-0.4, -0.2) is 25.7 Å². The van der Waals surface area contributed by atoms with Gasteiger partial charge in [0.15, 0.2) is 11.5 Å². The predicted molar refractivity (Wildman–Crippen MR) is 123 cm³/mol. The summed E-state index contributed by atoms with van der Waals surface area (Å²) in [6.45, 7) is 9.37. The van der Waals surface area contributed by atoms with E-state index in [2.05, 4.69) is 36.1 Å². The highest BCUT2D eigenvalue weighted by Crippen LogP contribution is 2.40. The molecule has 1 amide bonds. The van der Waals surface area contributed by atoms with E-state index in [0.717, 1.165) is 26.8 Å². The van der Waals surface area contributed by atoms with Gasteiger partial charge in [0.1, 0.15) is 6.61 Å². The topological polar surface area (TPSA) is 38.8 Å². The highest BCUT2D eigenvalue weighted by molar-refractivity contribution is 14.1. The number of anilines is 1. The number of hydrogen-bond donors (Lipinski definition) is 0. The van der Waals surface area contributed by atoms with Crippen molar-refractivity contribution >= 4 is 45.8 Å². The molecule has 0 saturated heterocycles. The van der Waals surface area contributed by atoms with Crippen LogP contribution in [0.4, 0.5) is 5.69 Å². The van der Waals surface area contributed by atoms with Crippen molar-refractivity contribution in [2.75, 3.05) is 24.7 Å². The Labute approximate surface area is 180 Å². The van der Waals surface area contributed by atoms with E-state index in [1.165, 1.54) is 0 Å². The zero-order valence-corrected chi connectivity index (χ0v) is 18.4. The SMILES string of the molecule is C=CCOc1c(I)cc(/C=C2\C(=O)N(CCC)c3ccccc32)cc1OCC. The van der Waals surface area contributed by atoms with Crippen molar-refractivity contribution in [2.24, 2.45) is 0 Å². The number of carbonyl (C=O) groups is 1. The standard InChI is InChI=1S/C23H24INO3/c1-4-11-25-20-10-8-7-9-17(20)18(23(25)26)13-16-14-19(24)22(28-12-5-2)21(15-16)27-6-3/h5,7-10,13-15H,2,4,6,11-12H2,1,3H3/b18-13-. The van der Waals surface area contributed by atoms with Gasteiger partial charge in [0, 0.05) is 17.7 Å². The molecule has 28 heavy (non-hydrogen) atoms. The molecular weight excluding hydrogens is 465 g/mol. The van der Waals surface area contributed by atoms with Gasteiger partial charge in [0.2, 0.25) is 0 Å². The average Bonchev–Trinajstić information content (AvgIpc) is 2.94. The molecule has 3 rings (SSSR count). The van der Waals surface area contributed by atoms with Crippen molar-refractivity contribution in [1.29, 1.82) is 0 Å². The Morgan fingerprint density at radius 3 is 2.68 bits per heavy atom. The Morgan fingerprint density at radius 1 is 1.18 bits per heavy atom. The maximum Gasteiger partial charge on any atom is 0.258 e. The maximum absolute atomic E-state index is 13.0. The predicted octanol–water partition coefficient (Wildman–Crippen LogP) is 5.55. The van der Waals surface area contributed by atoms with E-state index in [0.29, 0.717) is 36.8 Å². The molecule has 1 heterocycles. The third-order valence-corrected chi connectivity index (χ3v) is 5.20. The van der Waals surface area contributed by atoms with Crippen molar-refractivity contribution in [2.45, 2.75) is 20.3 Å². The number of hydrogen-bond acceptors (Lipinski definition) is 3. The fourth-order valence-corrected chi connectivity index (χ4v) is 4.06. The first-order valence-electron chi connectivity index (χ1n) is 9.43. The molecule has 146 valence electrons. The number of amides is 1. The molecule has 0 spiro atoms. The van der Waals surface area contributed by atoms with Crippen LogP contribution in [0.5, 0.6) is 11.5 Å². The summed E-state index contributed by atoms with van der Waals surface area (Å²) in [5.41, 5.74) is 3.57. The lowest BCUT2D eigenvalue weighted by Gasteiger charge is -2.15. The van der Waals surface area contributed by atoms with Crippen LogP contribution in [0.1, 0.15) is 31.4 Å². The third kappa shape index (κ3) is 4.09. The lowest BCUT2D eigenvalue weighted by molar-refractivity contribution is -0.113. The number of ether oxygens (including phenoxy) is 2. The van der Waals surface area contributed by atoms with Crippen molar-refractivity contribution < 1.29 is 14.3 Å². The number of benzene rings is 2. The van der Waals surface area contributed by atoms with Gasteiger partial charge in [0.25, 0.3) is 5.91 Å². The largest absolute Gasteiger partial charge is 0.490 e. The van der Waals surface area contributed by atoms with Gasteiger partial charge in [-0.1, -0.05) is 37.8 Å². The molecule has 1 aliphatic rings. The number of halogens is 1. The van der Waals surface area contributed by atoms with Crippen molar-refractivity contribution in [3.63, 3.8) is 0 Å². The summed E-state index contributed by atoms with van der Waals surface area (Å²) in [4.78, 5) is 14.9. The second kappa shape index (κ2) is 9.28. The summed E-state index contributed by atoms with van der Waals surface area (Å²) in [7, 11) is 0. The molecule has 0 N–H and O–H groups in total. The van der Waals surface area contributed by atoms with Crippen LogP contribution in [0.25, 0.3) is 11.6 Å². The molecule has 0 bridgehead atoms. The van der Waals surface area contributed by atoms with E-state index < -0.39 is 0 Å². The first-order valence-corrected chi connectivity index (χ1v) is 10.5. The quantitative estimate of drug-likeness (QED) is 0.277. The van der Waals surface area contributed by atoms with Gasteiger partial charge in [-0.15, -0.1) is 0 Å². The van der Waals surface area contributed by atoms with Gasteiger partial charge in [0.05, 0.1) is 15.9 Å². The monoisotopic (exact) mass is 489 g/mol. The molecule has 0 aliphatic carbocycles. The fourth-order valence-electron chi connectivity index (χ4n) is 3.28. The highest BCUT2D eigenvalue weighted by Gasteiger charge is 2.31. The minimum absolute atomic E-state index is 0.0444. The van der Waals surface area contributed by atoms with E-state index in [1.807, 2.05) is 54.3 Å². The van der Waals surface area contributed by atoms with Crippen LogP contribution < -0.4 is 14.4 Å². The second-order valence-corrected chi connectivity index (χ2v) is 7.56. The molecule has 5 heteroatoms. The third-order valence-electron chi connectivity index (χ3n) is 4.40. The number of nitrogens with zero attached hydrogens (tertiary/aromatic N) is 1. The first kappa shape index (κ1) is 20.5. The molecule has 0 saturated carbocycles. The zero-order valence-electron chi connectivity index (χ0n) is 16.2. The first-order chi connectivity index (χ1) is 13.6. The summed E-state index contributed by atoms with van der Waals surface area (Å²) in [5, 5.41) is 0. The van der Waals surface area contributed by atoms with Crippen LogP contribution in [0.2, 0.25) is 0 Å². The molecule has 0 aromatic heterocycles. The molecular formula is C23H24INO3. The van der Waals surface area contributed by atoms with E-state index >= 15 is 0 Å². The van der Waals surface area contributed by atoms with Crippen molar-refractivity contribution in [3.8, 4) is 11.5 Å². The van der Waals surface area contributed by atoms with Crippen LogP contribution in [0.15, 0.2) is 49.1 Å². The fraction of sp³-hybridized carbons (Fsp3) is 0.261. The van der Waals surface area contributed by atoms with Crippen molar-refractivity contribution in [1.82, 2.24) is 0 Å². The minimum Gasteiger partial charge on any atom is -0.490 e. The molecule has 2 aromatic carbocycles. The molecule has 2 aromatic rings. The number of carbonyl (C=O) groups excluding carboxylic acids is 1.